The Balaban J connectivity index is 2.51. The van der Waals surface area contributed by atoms with Crippen LogP contribution in [-0.4, -0.2) is 19.7 Å². The van der Waals surface area contributed by atoms with Crippen LogP contribution in [0.4, 0.5) is 0 Å². The molecule has 1 N–H and O–H groups in total. The second-order valence-electron chi connectivity index (χ2n) is 3.89. The van der Waals surface area contributed by atoms with Gasteiger partial charge in [0.1, 0.15) is 6.61 Å². The van der Waals surface area contributed by atoms with Gasteiger partial charge in [0.05, 0.1) is 13.0 Å². The first-order valence-electron chi connectivity index (χ1n) is 4.64. The highest BCUT2D eigenvalue weighted by Crippen LogP contribution is 2.57. The van der Waals surface area contributed by atoms with E-state index in [1.165, 1.54) is 7.11 Å². The summed E-state index contributed by atoms with van der Waals surface area (Å²) in [6, 6.07) is 0. The molecule has 0 spiro atoms. The first-order valence-corrected chi connectivity index (χ1v) is 4.64. The molecule has 0 saturated heterocycles. The molecule has 4 heteroatoms. The van der Waals surface area contributed by atoms with Crippen molar-refractivity contribution in [2.24, 2.45) is 11.3 Å². The van der Waals surface area contributed by atoms with E-state index in [0.717, 1.165) is 5.57 Å². The molecule has 4 nitrogen and oxygen atoms in total. The molecule has 1 rings (SSSR count). The van der Waals surface area contributed by atoms with Crippen LogP contribution in [0.2, 0.25) is 0 Å². The molecule has 0 heterocycles. The number of esters is 1. The highest BCUT2D eigenvalue weighted by atomic mass is 16.6. The fourth-order valence-electron chi connectivity index (χ4n) is 1.58. The Bertz CT molecular complexity index is 325. The van der Waals surface area contributed by atoms with Gasteiger partial charge in [-0.2, -0.15) is 0 Å². The zero-order chi connectivity index (χ0) is 11.5. The first kappa shape index (κ1) is 11.6. The zero-order valence-corrected chi connectivity index (χ0v) is 9.16. The lowest BCUT2D eigenvalue weighted by Gasteiger charge is -1.98. The van der Waals surface area contributed by atoms with Crippen LogP contribution < -0.4 is 5.48 Å². The van der Waals surface area contributed by atoms with Crippen LogP contribution in [0.3, 0.4) is 0 Å². The molecule has 15 heavy (non-hydrogen) atoms. The molecule has 0 radical (unpaired) electrons. The molecular formula is C11H15NO3. The van der Waals surface area contributed by atoms with Crippen LogP contribution in [0.25, 0.3) is 0 Å². The normalized spacial score (nSPS) is 24.4. The number of methoxy groups -OCH3 is 1. The molecule has 0 aromatic rings. The average molecular weight is 209 g/mol. The Hall–Kier alpha value is -1.47. The maximum atomic E-state index is 11.3. The quantitative estimate of drug-likeness (QED) is 0.323. The number of carbonyl (C=O) groups excluding carboxylic acids is 1. The molecule has 1 aliphatic carbocycles. The van der Waals surface area contributed by atoms with Crippen molar-refractivity contribution in [2.75, 3.05) is 13.7 Å². The minimum absolute atomic E-state index is 0.153. The second kappa shape index (κ2) is 4.37. The Morgan fingerprint density at radius 3 is 2.93 bits per heavy atom. The van der Waals surface area contributed by atoms with Gasteiger partial charge in [-0.25, -0.2) is 0 Å². The molecule has 0 aromatic heterocycles. The van der Waals surface area contributed by atoms with Gasteiger partial charge in [0, 0.05) is 11.6 Å². The topological polar surface area (TPSA) is 47.6 Å². The predicted octanol–water partition coefficient (Wildman–Crippen LogP) is 0.854. The van der Waals surface area contributed by atoms with E-state index in [-0.39, 0.29) is 23.9 Å². The van der Waals surface area contributed by atoms with Gasteiger partial charge in [-0.05, 0) is 5.57 Å². The van der Waals surface area contributed by atoms with Crippen molar-refractivity contribution in [3.63, 3.8) is 0 Å². The van der Waals surface area contributed by atoms with Gasteiger partial charge in [0.15, 0.2) is 0 Å². The first-order chi connectivity index (χ1) is 7.05. The number of carbonyl (C=O) groups is 1. The molecule has 1 saturated carbocycles. The van der Waals surface area contributed by atoms with Crippen LogP contribution in [0.5, 0.6) is 0 Å². The molecule has 0 amide bonds. The smallest absolute Gasteiger partial charge is 0.313 e. The summed E-state index contributed by atoms with van der Waals surface area (Å²) >= 11 is 0. The fraction of sp³-hybridized carbons (Fsp3) is 0.545. The van der Waals surface area contributed by atoms with Gasteiger partial charge in [0.25, 0.3) is 0 Å². The fourth-order valence-corrected chi connectivity index (χ4v) is 1.58. The van der Waals surface area contributed by atoms with Crippen molar-refractivity contribution in [2.45, 2.75) is 13.8 Å². The largest absolute Gasteiger partial charge is 0.469 e. The predicted molar refractivity (Wildman–Crippen MR) is 55.3 cm³/mol. The number of nitrogens with one attached hydrogen (secondary N) is 1. The lowest BCUT2D eigenvalue weighted by Crippen LogP contribution is -2.07. The van der Waals surface area contributed by atoms with E-state index in [2.05, 4.69) is 16.1 Å². The SMILES string of the molecule is C#CCONC=C1C(C(=O)OC)C1(C)C. The van der Waals surface area contributed by atoms with E-state index < -0.39 is 0 Å². The van der Waals surface area contributed by atoms with Crippen LogP contribution in [0, 0.1) is 23.7 Å². The van der Waals surface area contributed by atoms with Gasteiger partial charge in [-0.15, -0.1) is 6.42 Å². The Morgan fingerprint density at radius 1 is 1.73 bits per heavy atom. The Labute approximate surface area is 89.6 Å². The van der Waals surface area contributed by atoms with Crippen molar-refractivity contribution in [1.29, 1.82) is 0 Å². The van der Waals surface area contributed by atoms with E-state index in [1.807, 2.05) is 13.8 Å². The van der Waals surface area contributed by atoms with E-state index in [4.69, 9.17) is 11.3 Å². The third-order valence-electron chi connectivity index (χ3n) is 2.58. The molecule has 0 aromatic carbocycles. The summed E-state index contributed by atoms with van der Waals surface area (Å²) in [7, 11) is 1.39. The van der Waals surface area contributed by atoms with Crippen LogP contribution in [0.1, 0.15) is 13.8 Å². The van der Waals surface area contributed by atoms with Crippen molar-refractivity contribution >= 4 is 5.97 Å². The summed E-state index contributed by atoms with van der Waals surface area (Å²) in [6.07, 6.45) is 6.67. The van der Waals surface area contributed by atoms with Gasteiger partial charge in [0.2, 0.25) is 0 Å². The number of rotatable bonds is 4. The minimum Gasteiger partial charge on any atom is -0.469 e. The molecule has 0 aliphatic heterocycles. The van der Waals surface area contributed by atoms with Crippen molar-refractivity contribution in [3.05, 3.63) is 11.8 Å². The van der Waals surface area contributed by atoms with Gasteiger partial charge in [-0.3, -0.25) is 15.1 Å². The Kier molecular flexibility index (Phi) is 3.38. The summed E-state index contributed by atoms with van der Waals surface area (Å²) in [6.45, 7) is 4.14. The van der Waals surface area contributed by atoms with Gasteiger partial charge in [-0.1, -0.05) is 19.8 Å². The van der Waals surface area contributed by atoms with Gasteiger partial charge < -0.3 is 4.74 Å². The van der Waals surface area contributed by atoms with Crippen LogP contribution in [0.15, 0.2) is 11.8 Å². The molecule has 1 fully saturated rings. The third kappa shape index (κ3) is 2.31. The highest BCUT2D eigenvalue weighted by molar-refractivity contribution is 5.83. The lowest BCUT2D eigenvalue weighted by atomic mass is 10.1. The summed E-state index contributed by atoms with van der Waals surface area (Å²) in [5, 5.41) is 0. The van der Waals surface area contributed by atoms with Crippen molar-refractivity contribution < 1.29 is 14.4 Å². The van der Waals surface area contributed by atoms with Crippen LogP contribution >= 0.6 is 0 Å². The maximum Gasteiger partial charge on any atom is 0.313 e. The van der Waals surface area contributed by atoms with E-state index in [1.54, 1.807) is 6.20 Å². The summed E-state index contributed by atoms with van der Waals surface area (Å²) in [5.41, 5.74) is 3.41. The maximum absolute atomic E-state index is 11.3. The molecule has 82 valence electrons. The highest BCUT2D eigenvalue weighted by Gasteiger charge is 2.57. The van der Waals surface area contributed by atoms with E-state index in [0.29, 0.717) is 0 Å². The monoisotopic (exact) mass is 209 g/mol. The molecule has 1 aliphatic rings. The minimum atomic E-state index is -0.218. The lowest BCUT2D eigenvalue weighted by molar-refractivity contribution is -0.142. The second-order valence-corrected chi connectivity index (χ2v) is 3.89. The average Bonchev–Trinajstić information content (AvgIpc) is 2.74. The number of hydrogen-bond donors (Lipinski definition) is 1. The van der Waals surface area contributed by atoms with Crippen LogP contribution in [-0.2, 0) is 14.4 Å². The van der Waals surface area contributed by atoms with Gasteiger partial charge >= 0.3 is 5.97 Å². The van der Waals surface area contributed by atoms with E-state index in [9.17, 15) is 4.79 Å². The number of ether oxygens (including phenoxy) is 1. The van der Waals surface area contributed by atoms with E-state index >= 15 is 0 Å². The molecular weight excluding hydrogens is 194 g/mol. The molecule has 1 atom stereocenters. The zero-order valence-electron chi connectivity index (χ0n) is 9.16. The Morgan fingerprint density at radius 2 is 2.40 bits per heavy atom. The van der Waals surface area contributed by atoms with Crippen molar-refractivity contribution in [3.8, 4) is 12.3 Å². The van der Waals surface area contributed by atoms with Crippen molar-refractivity contribution in [1.82, 2.24) is 5.48 Å². The standard InChI is InChI=1S/C11H15NO3/c1-5-6-15-12-7-8-9(10(13)14-4)11(8,2)3/h1,7,9,12H,6H2,2-4H3. The summed E-state index contributed by atoms with van der Waals surface area (Å²) in [5.74, 6) is 1.93. The number of hydrogen-bond acceptors (Lipinski definition) is 4. The molecule has 0 bridgehead atoms. The summed E-state index contributed by atoms with van der Waals surface area (Å²) < 4.78 is 4.69. The number of hydroxylamine groups is 1. The number of terminal acetylenes is 1. The molecule has 1 unspecified atom stereocenters. The summed E-state index contributed by atoms with van der Waals surface area (Å²) in [4.78, 5) is 16.2. The third-order valence-corrected chi connectivity index (χ3v) is 2.58.